The first-order valence-corrected chi connectivity index (χ1v) is 6.59. The average molecular weight is 240 g/mol. The van der Waals surface area contributed by atoms with Crippen molar-refractivity contribution >= 4 is 5.91 Å². The topological polar surface area (TPSA) is 55.6 Å². The minimum absolute atomic E-state index is 0.123. The molecule has 1 aliphatic carbocycles. The van der Waals surface area contributed by atoms with Gasteiger partial charge in [-0.2, -0.15) is 0 Å². The van der Waals surface area contributed by atoms with Crippen molar-refractivity contribution in [1.29, 1.82) is 0 Å². The third kappa shape index (κ3) is 2.99. The van der Waals surface area contributed by atoms with Crippen molar-refractivity contribution in [3.8, 4) is 0 Å². The molecule has 1 saturated heterocycles. The van der Waals surface area contributed by atoms with E-state index in [1.165, 1.54) is 0 Å². The molecule has 2 aliphatic rings. The molecule has 1 heterocycles. The molecule has 4 heteroatoms. The van der Waals surface area contributed by atoms with Crippen LogP contribution in [-0.2, 0) is 9.53 Å². The number of nitrogens with two attached hydrogens (primary N) is 1. The highest BCUT2D eigenvalue weighted by molar-refractivity contribution is 5.79. The van der Waals surface area contributed by atoms with Crippen molar-refractivity contribution in [3.63, 3.8) is 0 Å². The highest BCUT2D eigenvalue weighted by atomic mass is 16.5. The lowest BCUT2D eigenvalue weighted by Crippen LogP contribution is -2.55. The summed E-state index contributed by atoms with van der Waals surface area (Å²) >= 11 is 0. The molecule has 0 aromatic heterocycles. The number of ether oxygens (including phenoxy) is 1. The SMILES string of the molecule is C[C@@H]1CN(C(=O)[C@@H]2CC[C@@H](N)C2)CC(C)(C)O1. The summed E-state index contributed by atoms with van der Waals surface area (Å²) in [7, 11) is 0. The van der Waals surface area contributed by atoms with Gasteiger partial charge in [0.25, 0.3) is 0 Å². The molecule has 0 aromatic carbocycles. The van der Waals surface area contributed by atoms with Gasteiger partial charge < -0.3 is 15.4 Å². The van der Waals surface area contributed by atoms with Crippen LogP contribution in [0.25, 0.3) is 0 Å². The molecule has 2 fully saturated rings. The molecular formula is C13H24N2O2. The lowest BCUT2D eigenvalue weighted by atomic mass is 10.0. The number of carbonyl (C=O) groups is 1. The second kappa shape index (κ2) is 4.58. The van der Waals surface area contributed by atoms with Crippen LogP contribution in [-0.4, -0.2) is 41.6 Å². The maximum absolute atomic E-state index is 12.4. The Morgan fingerprint density at radius 1 is 1.41 bits per heavy atom. The molecule has 0 aromatic rings. The van der Waals surface area contributed by atoms with E-state index in [0.29, 0.717) is 13.1 Å². The molecule has 2 rings (SSSR count). The Balaban J connectivity index is 1.99. The normalized spacial score (nSPS) is 37.2. The summed E-state index contributed by atoms with van der Waals surface area (Å²) in [6.07, 6.45) is 2.91. The molecule has 17 heavy (non-hydrogen) atoms. The lowest BCUT2D eigenvalue weighted by Gasteiger charge is -2.42. The number of morpholine rings is 1. The molecule has 0 radical (unpaired) electrons. The van der Waals surface area contributed by atoms with Crippen LogP contribution in [0.5, 0.6) is 0 Å². The summed E-state index contributed by atoms with van der Waals surface area (Å²) in [5.74, 6) is 0.423. The quantitative estimate of drug-likeness (QED) is 0.748. The predicted octanol–water partition coefficient (Wildman–Crippen LogP) is 1.14. The Hall–Kier alpha value is -0.610. The van der Waals surface area contributed by atoms with Gasteiger partial charge in [0.1, 0.15) is 0 Å². The monoisotopic (exact) mass is 240 g/mol. The molecule has 98 valence electrons. The molecule has 1 saturated carbocycles. The first-order valence-electron chi connectivity index (χ1n) is 6.59. The van der Waals surface area contributed by atoms with E-state index in [1.54, 1.807) is 0 Å². The number of rotatable bonds is 1. The molecule has 1 aliphatic heterocycles. The zero-order valence-corrected chi connectivity index (χ0v) is 11.1. The Bertz CT molecular complexity index is 304. The van der Waals surface area contributed by atoms with Crippen LogP contribution in [0.2, 0.25) is 0 Å². The summed E-state index contributed by atoms with van der Waals surface area (Å²) < 4.78 is 5.82. The van der Waals surface area contributed by atoms with E-state index in [4.69, 9.17) is 10.5 Å². The van der Waals surface area contributed by atoms with E-state index in [1.807, 2.05) is 25.7 Å². The van der Waals surface area contributed by atoms with Gasteiger partial charge >= 0.3 is 0 Å². The smallest absolute Gasteiger partial charge is 0.225 e. The maximum Gasteiger partial charge on any atom is 0.225 e. The van der Waals surface area contributed by atoms with Crippen molar-refractivity contribution in [3.05, 3.63) is 0 Å². The molecular weight excluding hydrogens is 216 g/mol. The number of carbonyl (C=O) groups excluding carboxylic acids is 1. The van der Waals surface area contributed by atoms with Crippen LogP contribution < -0.4 is 5.73 Å². The first kappa shape index (κ1) is 12.8. The van der Waals surface area contributed by atoms with Gasteiger partial charge in [-0.1, -0.05) is 0 Å². The zero-order chi connectivity index (χ0) is 12.6. The minimum atomic E-state index is -0.228. The first-order chi connectivity index (χ1) is 7.87. The van der Waals surface area contributed by atoms with Crippen molar-refractivity contribution in [1.82, 2.24) is 4.90 Å². The fourth-order valence-corrected chi connectivity index (χ4v) is 3.12. The van der Waals surface area contributed by atoms with Gasteiger partial charge in [-0.25, -0.2) is 0 Å². The minimum Gasteiger partial charge on any atom is -0.369 e. The second-order valence-corrected chi connectivity index (χ2v) is 6.18. The third-order valence-electron chi connectivity index (χ3n) is 3.70. The van der Waals surface area contributed by atoms with Gasteiger partial charge in [0.2, 0.25) is 5.91 Å². The number of nitrogens with zero attached hydrogens (tertiary/aromatic N) is 1. The Labute approximate surface area is 103 Å². The van der Waals surface area contributed by atoms with E-state index in [9.17, 15) is 4.79 Å². The highest BCUT2D eigenvalue weighted by Gasteiger charge is 2.37. The molecule has 4 nitrogen and oxygen atoms in total. The lowest BCUT2D eigenvalue weighted by molar-refractivity contribution is -0.161. The summed E-state index contributed by atoms with van der Waals surface area (Å²) in [6, 6.07) is 0.218. The summed E-state index contributed by atoms with van der Waals surface area (Å²) in [5.41, 5.74) is 5.65. The largest absolute Gasteiger partial charge is 0.369 e. The van der Waals surface area contributed by atoms with Crippen molar-refractivity contribution < 1.29 is 9.53 Å². The van der Waals surface area contributed by atoms with Crippen molar-refractivity contribution in [2.75, 3.05) is 13.1 Å². The van der Waals surface area contributed by atoms with Gasteiger partial charge in [-0.3, -0.25) is 4.79 Å². The average Bonchev–Trinajstić information content (AvgIpc) is 2.60. The van der Waals surface area contributed by atoms with Gasteiger partial charge in [0.15, 0.2) is 0 Å². The van der Waals surface area contributed by atoms with Gasteiger partial charge in [-0.15, -0.1) is 0 Å². The second-order valence-electron chi connectivity index (χ2n) is 6.18. The van der Waals surface area contributed by atoms with Crippen LogP contribution in [0.1, 0.15) is 40.0 Å². The third-order valence-corrected chi connectivity index (χ3v) is 3.70. The predicted molar refractivity (Wildman–Crippen MR) is 66.5 cm³/mol. The van der Waals surface area contributed by atoms with E-state index in [-0.39, 0.29) is 29.6 Å². The molecule has 2 N–H and O–H groups in total. The molecule has 3 atom stereocenters. The van der Waals surface area contributed by atoms with Gasteiger partial charge in [0, 0.05) is 25.0 Å². The Kier molecular flexibility index (Phi) is 3.46. The van der Waals surface area contributed by atoms with Crippen molar-refractivity contribution in [2.24, 2.45) is 11.7 Å². The molecule has 0 spiro atoms. The molecule has 1 amide bonds. The van der Waals surface area contributed by atoms with E-state index in [0.717, 1.165) is 19.3 Å². The standard InChI is InChI=1S/C13H24N2O2/c1-9-7-15(8-13(2,3)17-9)12(16)10-4-5-11(14)6-10/h9-11H,4-8,14H2,1-3H3/t9-,10-,11-/m1/s1. The zero-order valence-electron chi connectivity index (χ0n) is 11.1. The summed E-state index contributed by atoms with van der Waals surface area (Å²) in [5, 5.41) is 0. The van der Waals surface area contributed by atoms with E-state index >= 15 is 0 Å². The maximum atomic E-state index is 12.4. The number of hydrogen-bond donors (Lipinski definition) is 1. The highest BCUT2D eigenvalue weighted by Crippen LogP contribution is 2.29. The fourth-order valence-electron chi connectivity index (χ4n) is 3.12. The van der Waals surface area contributed by atoms with E-state index < -0.39 is 0 Å². The van der Waals surface area contributed by atoms with Crippen LogP contribution in [0.15, 0.2) is 0 Å². The number of hydrogen-bond acceptors (Lipinski definition) is 3. The Morgan fingerprint density at radius 2 is 2.12 bits per heavy atom. The van der Waals surface area contributed by atoms with E-state index in [2.05, 4.69) is 0 Å². The van der Waals surface area contributed by atoms with Gasteiger partial charge in [-0.05, 0) is 40.0 Å². The van der Waals surface area contributed by atoms with Gasteiger partial charge in [0.05, 0.1) is 11.7 Å². The van der Waals surface area contributed by atoms with Crippen LogP contribution >= 0.6 is 0 Å². The molecule has 0 unspecified atom stereocenters. The van der Waals surface area contributed by atoms with Crippen LogP contribution in [0.4, 0.5) is 0 Å². The molecule has 0 bridgehead atoms. The van der Waals surface area contributed by atoms with Crippen LogP contribution in [0, 0.1) is 5.92 Å². The summed E-state index contributed by atoms with van der Waals surface area (Å²) in [6.45, 7) is 7.53. The fraction of sp³-hybridized carbons (Fsp3) is 0.923. The summed E-state index contributed by atoms with van der Waals surface area (Å²) in [4.78, 5) is 14.4. The number of amides is 1. The van der Waals surface area contributed by atoms with Crippen LogP contribution in [0.3, 0.4) is 0 Å². The van der Waals surface area contributed by atoms with Crippen molar-refractivity contribution in [2.45, 2.75) is 57.8 Å². The Morgan fingerprint density at radius 3 is 2.65 bits per heavy atom.